The Morgan fingerprint density at radius 1 is 1.17 bits per heavy atom. The van der Waals surface area contributed by atoms with Gasteiger partial charge in [0.2, 0.25) is 0 Å². The first-order chi connectivity index (χ1) is 11.0. The van der Waals surface area contributed by atoms with Gasteiger partial charge < -0.3 is 5.73 Å². The Labute approximate surface area is 141 Å². The molecule has 3 aromatic rings. The second-order valence-electron chi connectivity index (χ2n) is 6.83. The number of nitrogens with one attached hydrogen (secondary N) is 1. The van der Waals surface area contributed by atoms with Crippen LogP contribution in [0.2, 0.25) is 0 Å². The molecule has 3 nitrogen and oxygen atoms in total. The number of benzene rings is 2. The standard InChI is InChI=1S/C19H22ClN3/c1-19(2,12-20)9-8-14-10-17-16(18(21)23-22-17)11-15(14)13-6-4-3-5-7-13/h3-7,10-11H,8-9,12H2,1-2H3,(H3,21,22,23). The molecule has 0 saturated carbocycles. The van der Waals surface area contributed by atoms with Crippen LogP contribution in [-0.4, -0.2) is 16.1 Å². The van der Waals surface area contributed by atoms with Crippen molar-refractivity contribution >= 4 is 28.3 Å². The van der Waals surface area contributed by atoms with Gasteiger partial charge in [0.15, 0.2) is 5.82 Å². The molecule has 4 heteroatoms. The summed E-state index contributed by atoms with van der Waals surface area (Å²) in [6.45, 7) is 4.41. The van der Waals surface area contributed by atoms with Gasteiger partial charge in [0.1, 0.15) is 0 Å². The molecule has 3 N–H and O–H groups in total. The van der Waals surface area contributed by atoms with Gasteiger partial charge in [-0.3, -0.25) is 5.10 Å². The van der Waals surface area contributed by atoms with E-state index in [0.717, 1.165) is 23.7 Å². The third-order valence-electron chi connectivity index (χ3n) is 4.33. The lowest BCUT2D eigenvalue weighted by Crippen LogP contribution is -2.14. The molecule has 0 aliphatic rings. The molecule has 23 heavy (non-hydrogen) atoms. The van der Waals surface area contributed by atoms with Gasteiger partial charge in [-0.05, 0) is 47.1 Å². The Bertz CT molecular complexity index is 806. The maximum atomic E-state index is 6.08. The van der Waals surface area contributed by atoms with Crippen molar-refractivity contribution in [3.05, 3.63) is 48.0 Å². The summed E-state index contributed by atoms with van der Waals surface area (Å²) >= 11 is 6.08. The molecule has 0 saturated heterocycles. The number of nitrogens with zero attached hydrogens (tertiary/aromatic N) is 1. The number of H-pyrrole nitrogens is 1. The topological polar surface area (TPSA) is 54.7 Å². The largest absolute Gasteiger partial charge is 0.382 e. The number of nitrogens with two attached hydrogens (primary N) is 1. The fourth-order valence-electron chi connectivity index (χ4n) is 2.76. The van der Waals surface area contributed by atoms with Gasteiger partial charge in [0, 0.05) is 11.3 Å². The quantitative estimate of drug-likeness (QED) is 0.647. The maximum absolute atomic E-state index is 6.08. The zero-order valence-corrected chi connectivity index (χ0v) is 14.3. The van der Waals surface area contributed by atoms with Crippen LogP contribution in [0.25, 0.3) is 22.0 Å². The SMILES string of the molecule is CC(C)(CCl)CCc1cc2[nH]nc(N)c2cc1-c1ccccc1. The lowest BCUT2D eigenvalue weighted by Gasteiger charge is -2.22. The third-order valence-corrected chi connectivity index (χ3v) is 5.06. The molecule has 1 aromatic heterocycles. The van der Waals surface area contributed by atoms with Gasteiger partial charge in [0.25, 0.3) is 0 Å². The number of fused-ring (bicyclic) bond motifs is 1. The van der Waals surface area contributed by atoms with E-state index in [9.17, 15) is 0 Å². The first kappa shape index (κ1) is 15.9. The molecule has 0 atom stereocenters. The number of halogens is 1. The Morgan fingerprint density at radius 3 is 2.61 bits per heavy atom. The molecule has 3 rings (SSSR count). The maximum Gasteiger partial charge on any atom is 0.153 e. The minimum absolute atomic E-state index is 0.123. The Kier molecular flexibility index (Phi) is 4.31. The number of aromatic nitrogens is 2. The van der Waals surface area contributed by atoms with E-state index in [-0.39, 0.29) is 5.41 Å². The zero-order chi connectivity index (χ0) is 16.4. The molecule has 0 aliphatic carbocycles. The first-order valence-corrected chi connectivity index (χ1v) is 8.41. The summed E-state index contributed by atoms with van der Waals surface area (Å²) in [4.78, 5) is 0. The molecule has 0 aliphatic heterocycles. The molecule has 1 heterocycles. The number of nitrogen functional groups attached to an aromatic ring is 1. The van der Waals surface area contributed by atoms with Crippen molar-refractivity contribution in [3.63, 3.8) is 0 Å². The zero-order valence-electron chi connectivity index (χ0n) is 13.6. The summed E-state index contributed by atoms with van der Waals surface area (Å²) in [6, 6.07) is 14.7. The highest BCUT2D eigenvalue weighted by Crippen LogP contribution is 2.33. The van der Waals surface area contributed by atoms with E-state index < -0.39 is 0 Å². The number of rotatable bonds is 5. The first-order valence-electron chi connectivity index (χ1n) is 7.88. The highest BCUT2D eigenvalue weighted by Gasteiger charge is 2.18. The van der Waals surface area contributed by atoms with Crippen LogP contribution >= 0.6 is 11.6 Å². The molecule has 0 radical (unpaired) electrons. The summed E-state index contributed by atoms with van der Waals surface area (Å²) < 4.78 is 0. The number of anilines is 1. The third kappa shape index (κ3) is 3.35. The second kappa shape index (κ2) is 6.25. The van der Waals surface area contributed by atoms with Crippen LogP contribution in [0, 0.1) is 5.41 Å². The average Bonchev–Trinajstić information content (AvgIpc) is 2.93. The van der Waals surface area contributed by atoms with Crippen LogP contribution in [-0.2, 0) is 6.42 Å². The van der Waals surface area contributed by atoms with E-state index in [1.165, 1.54) is 16.7 Å². The van der Waals surface area contributed by atoms with Crippen LogP contribution in [0.1, 0.15) is 25.8 Å². The van der Waals surface area contributed by atoms with E-state index in [4.69, 9.17) is 17.3 Å². The van der Waals surface area contributed by atoms with Crippen LogP contribution in [0.3, 0.4) is 0 Å². The van der Waals surface area contributed by atoms with E-state index in [0.29, 0.717) is 11.7 Å². The molecule has 0 bridgehead atoms. The lowest BCUT2D eigenvalue weighted by atomic mass is 9.86. The average molecular weight is 328 g/mol. The number of alkyl halides is 1. The molecule has 0 spiro atoms. The molecule has 120 valence electrons. The van der Waals surface area contributed by atoms with Gasteiger partial charge in [0.05, 0.1) is 5.52 Å². The van der Waals surface area contributed by atoms with Crippen molar-refractivity contribution in [2.75, 3.05) is 11.6 Å². The van der Waals surface area contributed by atoms with E-state index >= 15 is 0 Å². The smallest absolute Gasteiger partial charge is 0.153 e. The lowest BCUT2D eigenvalue weighted by molar-refractivity contribution is 0.385. The van der Waals surface area contributed by atoms with Crippen molar-refractivity contribution in [2.45, 2.75) is 26.7 Å². The summed E-state index contributed by atoms with van der Waals surface area (Å²) in [6.07, 6.45) is 2.00. The predicted molar refractivity (Wildman–Crippen MR) is 98.8 cm³/mol. The fourth-order valence-corrected chi connectivity index (χ4v) is 2.90. The predicted octanol–water partition coefficient (Wildman–Crippen LogP) is 5.01. The van der Waals surface area contributed by atoms with Crippen LogP contribution in [0.15, 0.2) is 42.5 Å². The minimum atomic E-state index is 0.123. The van der Waals surface area contributed by atoms with Crippen molar-refractivity contribution in [3.8, 4) is 11.1 Å². The number of hydrogen-bond acceptors (Lipinski definition) is 2. The van der Waals surface area contributed by atoms with E-state index in [2.05, 4.69) is 60.4 Å². The molecular weight excluding hydrogens is 306 g/mol. The van der Waals surface area contributed by atoms with Gasteiger partial charge in [-0.2, -0.15) is 5.10 Å². The Hall–Kier alpha value is -2.00. The molecule has 2 aromatic carbocycles. The van der Waals surface area contributed by atoms with Crippen molar-refractivity contribution in [2.24, 2.45) is 5.41 Å². The summed E-state index contributed by atoms with van der Waals surface area (Å²) in [7, 11) is 0. The summed E-state index contributed by atoms with van der Waals surface area (Å²) in [5.41, 5.74) is 10.8. The normalized spacial score (nSPS) is 12.0. The molecule has 0 amide bonds. The van der Waals surface area contributed by atoms with Crippen LogP contribution < -0.4 is 5.73 Å². The second-order valence-corrected chi connectivity index (χ2v) is 7.09. The minimum Gasteiger partial charge on any atom is -0.382 e. The van der Waals surface area contributed by atoms with Gasteiger partial charge in [-0.15, -0.1) is 11.6 Å². The number of hydrogen-bond donors (Lipinski definition) is 2. The van der Waals surface area contributed by atoms with E-state index in [1.54, 1.807) is 0 Å². The highest BCUT2D eigenvalue weighted by atomic mass is 35.5. The Morgan fingerprint density at radius 2 is 1.91 bits per heavy atom. The van der Waals surface area contributed by atoms with Crippen molar-refractivity contribution in [1.82, 2.24) is 10.2 Å². The summed E-state index contributed by atoms with van der Waals surface area (Å²) in [5.74, 6) is 1.21. The van der Waals surface area contributed by atoms with Crippen LogP contribution in [0.5, 0.6) is 0 Å². The molecule has 0 fully saturated rings. The number of aryl methyl sites for hydroxylation is 1. The Balaban J connectivity index is 2.07. The monoisotopic (exact) mass is 327 g/mol. The van der Waals surface area contributed by atoms with Crippen LogP contribution in [0.4, 0.5) is 5.82 Å². The van der Waals surface area contributed by atoms with Gasteiger partial charge >= 0.3 is 0 Å². The fraction of sp³-hybridized carbons (Fsp3) is 0.316. The summed E-state index contributed by atoms with van der Waals surface area (Å²) in [5, 5.41) is 8.12. The van der Waals surface area contributed by atoms with E-state index in [1.807, 2.05) is 6.07 Å². The number of aromatic amines is 1. The van der Waals surface area contributed by atoms with Crippen molar-refractivity contribution in [1.29, 1.82) is 0 Å². The highest BCUT2D eigenvalue weighted by molar-refractivity contribution is 6.18. The van der Waals surface area contributed by atoms with Gasteiger partial charge in [-0.1, -0.05) is 44.2 Å². The van der Waals surface area contributed by atoms with Gasteiger partial charge in [-0.25, -0.2) is 0 Å². The van der Waals surface area contributed by atoms with Crippen molar-refractivity contribution < 1.29 is 0 Å². The molecular formula is C19H22ClN3. The molecule has 0 unspecified atom stereocenters.